The van der Waals surface area contributed by atoms with Gasteiger partial charge in [0.1, 0.15) is 29.3 Å². The summed E-state index contributed by atoms with van der Waals surface area (Å²) >= 11 is 0. The highest BCUT2D eigenvalue weighted by Gasteiger charge is 2.08. The predicted molar refractivity (Wildman–Crippen MR) is 90.6 cm³/mol. The van der Waals surface area contributed by atoms with Crippen LogP contribution in [-0.2, 0) is 13.1 Å². The molecule has 0 aliphatic carbocycles. The third kappa shape index (κ3) is 3.49. The lowest BCUT2D eigenvalue weighted by atomic mass is 10.1. The molecular weight excluding hydrogens is 310 g/mol. The molecule has 124 valence electrons. The molecule has 0 aliphatic heterocycles. The van der Waals surface area contributed by atoms with Crippen LogP contribution in [-0.4, -0.2) is 29.0 Å². The molecule has 0 amide bonds. The van der Waals surface area contributed by atoms with E-state index in [0.717, 1.165) is 5.56 Å². The first kappa shape index (κ1) is 16.3. The maximum absolute atomic E-state index is 14.1. The normalized spacial score (nSPS) is 11.2. The molecule has 2 aromatic carbocycles. The van der Waals surface area contributed by atoms with Gasteiger partial charge in [0.25, 0.3) is 0 Å². The van der Waals surface area contributed by atoms with E-state index in [1.165, 1.54) is 18.5 Å². The van der Waals surface area contributed by atoms with Crippen molar-refractivity contribution in [2.24, 2.45) is 0 Å². The summed E-state index contributed by atoms with van der Waals surface area (Å²) < 4.78 is 27.9. The lowest BCUT2D eigenvalue weighted by Crippen LogP contribution is -2.12. The van der Waals surface area contributed by atoms with Crippen LogP contribution in [0, 0.1) is 11.6 Å². The lowest BCUT2D eigenvalue weighted by Gasteiger charge is -2.12. The molecule has 0 bridgehead atoms. The SMILES string of the molecule is CN(C)Cc1ccc(CNc2ncnc3c(F)cccc23)cc1F. The quantitative estimate of drug-likeness (QED) is 0.777. The van der Waals surface area contributed by atoms with Gasteiger partial charge in [-0.05, 0) is 37.9 Å². The minimum Gasteiger partial charge on any atom is -0.365 e. The molecule has 0 saturated heterocycles. The van der Waals surface area contributed by atoms with Gasteiger partial charge in [-0.2, -0.15) is 0 Å². The number of nitrogens with one attached hydrogen (secondary N) is 1. The number of nitrogens with zero attached hydrogens (tertiary/aromatic N) is 3. The summed E-state index contributed by atoms with van der Waals surface area (Å²) in [6.45, 7) is 0.942. The smallest absolute Gasteiger partial charge is 0.149 e. The second-order valence-electron chi connectivity index (χ2n) is 5.88. The monoisotopic (exact) mass is 328 g/mol. The Balaban J connectivity index is 1.79. The zero-order valence-electron chi connectivity index (χ0n) is 13.6. The lowest BCUT2D eigenvalue weighted by molar-refractivity contribution is 0.392. The second-order valence-corrected chi connectivity index (χ2v) is 5.88. The Morgan fingerprint density at radius 2 is 1.88 bits per heavy atom. The van der Waals surface area contributed by atoms with Crippen LogP contribution in [0.1, 0.15) is 11.1 Å². The van der Waals surface area contributed by atoms with E-state index in [-0.39, 0.29) is 11.3 Å². The van der Waals surface area contributed by atoms with Crippen molar-refractivity contribution in [3.05, 3.63) is 65.5 Å². The van der Waals surface area contributed by atoms with Gasteiger partial charge < -0.3 is 10.2 Å². The fourth-order valence-corrected chi connectivity index (χ4v) is 2.55. The number of rotatable bonds is 5. The summed E-state index contributed by atoms with van der Waals surface area (Å²) in [4.78, 5) is 10.0. The van der Waals surface area contributed by atoms with Crippen LogP contribution in [0.15, 0.2) is 42.7 Å². The first-order valence-corrected chi connectivity index (χ1v) is 7.59. The maximum atomic E-state index is 14.1. The van der Waals surface area contributed by atoms with Crippen LogP contribution in [0.4, 0.5) is 14.6 Å². The summed E-state index contributed by atoms with van der Waals surface area (Å²) in [5.41, 5.74) is 1.71. The first-order valence-electron chi connectivity index (χ1n) is 7.59. The van der Waals surface area contributed by atoms with Gasteiger partial charge in [-0.1, -0.05) is 18.2 Å². The molecule has 0 radical (unpaired) electrons. The summed E-state index contributed by atoms with van der Waals surface area (Å²) in [7, 11) is 3.79. The fraction of sp³-hybridized carbons (Fsp3) is 0.222. The number of hydrogen-bond acceptors (Lipinski definition) is 4. The number of para-hydroxylation sites is 1. The Kier molecular flexibility index (Phi) is 4.66. The Labute approximate surface area is 139 Å². The number of fused-ring (bicyclic) bond motifs is 1. The summed E-state index contributed by atoms with van der Waals surface area (Å²) in [5.74, 6) is -0.101. The molecule has 0 atom stereocenters. The van der Waals surface area contributed by atoms with Crippen molar-refractivity contribution in [2.45, 2.75) is 13.1 Å². The van der Waals surface area contributed by atoms with Gasteiger partial charge in [-0.3, -0.25) is 0 Å². The third-order valence-corrected chi connectivity index (χ3v) is 3.68. The minimum absolute atomic E-state index is 0.235. The Bertz CT molecular complexity index is 865. The maximum Gasteiger partial charge on any atom is 0.149 e. The molecule has 0 unspecified atom stereocenters. The van der Waals surface area contributed by atoms with Gasteiger partial charge in [-0.15, -0.1) is 0 Å². The van der Waals surface area contributed by atoms with Crippen molar-refractivity contribution in [1.82, 2.24) is 14.9 Å². The Morgan fingerprint density at radius 3 is 2.62 bits per heavy atom. The number of aromatic nitrogens is 2. The number of hydrogen-bond donors (Lipinski definition) is 1. The number of anilines is 1. The molecule has 0 fully saturated rings. The van der Waals surface area contributed by atoms with E-state index in [2.05, 4.69) is 15.3 Å². The van der Waals surface area contributed by atoms with Gasteiger partial charge in [0.2, 0.25) is 0 Å². The molecule has 0 aliphatic rings. The van der Waals surface area contributed by atoms with Crippen molar-refractivity contribution in [1.29, 1.82) is 0 Å². The standard InChI is InChI=1S/C18H18F2N4/c1-24(2)10-13-7-6-12(8-16(13)20)9-21-18-14-4-3-5-15(19)17(14)22-11-23-18/h3-8,11H,9-10H2,1-2H3,(H,21,22,23). The predicted octanol–water partition coefficient (Wildman–Crippen LogP) is 3.58. The highest BCUT2D eigenvalue weighted by Crippen LogP contribution is 2.22. The highest BCUT2D eigenvalue weighted by atomic mass is 19.1. The van der Waals surface area contributed by atoms with Gasteiger partial charge in [0.05, 0.1) is 0 Å². The fourth-order valence-electron chi connectivity index (χ4n) is 2.55. The summed E-state index contributed by atoms with van der Waals surface area (Å²) in [6.07, 6.45) is 1.31. The van der Waals surface area contributed by atoms with Crippen molar-refractivity contribution in [2.75, 3.05) is 19.4 Å². The van der Waals surface area contributed by atoms with Crippen LogP contribution in [0.3, 0.4) is 0 Å². The Hall–Kier alpha value is -2.60. The second kappa shape index (κ2) is 6.88. The molecule has 24 heavy (non-hydrogen) atoms. The molecule has 6 heteroatoms. The molecule has 3 aromatic rings. The van der Waals surface area contributed by atoms with E-state index in [9.17, 15) is 8.78 Å². The van der Waals surface area contributed by atoms with Crippen LogP contribution < -0.4 is 5.32 Å². The van der Waals surface area contributed by atoms with Crippen LogP contribution in [0.25, 0.3) is 10.9 Å². The molecule has 4 nitrogen and oxygen atoms in total. The zero-order chi connectivity index (χ0) is 17.1. The van der Waals surface area contributed by atoms with E-state index in [1.807, 2.05) is 25.1 Å². The largest absolute Gasteiger partial charge is 0.365 e. The molecule has 1 aromatic heterocycles. The topological polar surface area (TPSA) is 41.0 Å². The van der Waals surface area contributed by atoms with Crippen molar-refractivity contribution < 1.29 is 8.78 Å². The molecule has 3 rings (SSSR count). The zero-order valence-corrected chi connectivity index (χ0v) is 13.6. The van der Waals surface area contributed by atoms with Crippen molar-refractivity contribution in [3.63, 3.8) is 0 Å². The van der Waals surface area contributed by atoms with Gasteiger partial charge in [0.15, 0.2) is 0 Å². The van der Waals surface area contributed by atoms with Crippen LogP contribution in [0.2, 0.25) is 0 Å². The third-order valence-electron chi connectivity index (χ3n) is 3.68. The molecule has 1 N–H and O–H groups in total. The van der Waals surface area contributed by atoms with E-state index in [4.69, 9.17) is 0 Å². The minimum atomic E-state index is -0.392. The van der Waals surface area contributed by atoms with Gasteiger partial charge >= 0.3 is 0 Å². The van der Waals surface area contributed by atoms with Crippen LogP contribution >= 0.6 is 0 Å². The van der Waals surface area contributed by atoms with E-state index >= 15 is 0 Å². The number of halogens is 2. The molecular formula is C18H18F2N4. The number of benzene rings is 2. The van der Waals surface area contributed by atoms with Crippen molar-refractivity contribution in [3.8, 4) is 0 Å². The van der Waals surface area contributed by atoms with Crippen LogP contribution in [0.5, 0.6) is 0 Å². The van der Waals surface area contributed by atoms with Gasteiger partial charge in [-0.25, -0.2) is 18.7 Å². The first-order chi connectivity index (χ1) is 11.5. The molecule has 0 spiro atoms. The average molecular weight is 328 g/mol. The molecule has 1 heterocycles. The van der Waals surface area contributed by atoms with Gasteiger partial charge in [0, 0.05) is 24.0 Å². The summed E-state index contributed by atoms with van der Waals surface area (Å²) in [6, 6.07) is 9.89. The van der Waals surface area contributed by atoms with E-state index in [1.54, 1.807) is 18.2 Å². The molecule has 0 saturated carbocycles. The summed E-state index contributed by atoms with van der Waals surface area (Å²) in [5, 5.41) is 3.72. The van der Waals surface area contributed by atoms with E-state index in [0.29, 0.717) is 29.9 Å². The van der Waals surface area contributed by atoms with Crippen molar-refractivity contribution >= 4 is 16.7 Å². The average Bonchev–Trinajstić information content (AvgIpc) is 2.55. The van der Waals surface area contributed by atoms with E-state index < -0.39 is 5.82 Å². The highest BCUT2D eigenvalue weighted by molar-refractivity contribution is 5.89. The Morgan fingerprint density at radius 1 is 1.04 bits per heavy atom.